The standard InChI is InChI=1S/C40H42N2O13S/c1-2-50-15-16-53-19-17-51-13-11-41-37(43)29-7-3-25-27-5-9-31-36-32(10-6-28(34(27)36)26-4-8-30(38(41)44)35(29)33(25)26)40(46)42(39(31)45)12-14-52-18-20-54-21-22-55-23-24-56(47,48)49/h3-10H,2,11-24H2,1H3,(H,47,48,49). The number of rotatable bonds is 22. The van der Waals surface area contributed by atoms with E-state index < -0.39 is 39.5 Å². The van der Waals surface area contributed by atoms with E-state index in [1.807, 2.05) is 31.2 Å². The molecule has 1 N–H and O–H groups in total. The number of hydrogen-bond donors (Lipinski definition) is 1. The van der Waals surface area contributed by atoms with Crippen LogP contribution in [0.1, 0.15) is 48.4 Å². The largest absolute Gasteiger partial charge is 0.379 e. The zero-order chi connectivity index (χ0) is 39.4. The van der Waals surface area contributed by atoms with Gasteiger partial charge in [0.05, 0.1) is 91.5 Å². The molecule has 16 heteroatoms. The zero-order valence-corrected chi connectivity index (χ0v) is 31.7. The van der Waals surface area contributed by atoms with Gasteiger partial charge in [0.15, 0.2) is 0 Å². The highest BCUT2D eigenvalue weighted by Gasteiger charge is 2.36. The third-order valence-corrected chi connectivity index (χ3v) is 10.6. The van der Waals surface area contributed by atoms with Crippen molar-refractivity contribution in [2.24, 2.45) is 0 Å². The van der Waals surface area contributed by atoms with Gasteiger partial charge < -0.3 is 28.4 Å². The van der Waals surface area contributed by atoms with E-state index in [4.69, 9.17) is 33.0 Å². The van der Waals surface area contributed by atoms with E-state index in [0.717, 1.165) is 32.3 Å². The Kier molecular flexibility index (Phi) is 12.2. The molecule has 0 unspecified atom stereocenters. The van der Waals surface area contributed by atoms with Crippen molar-refractivity contribution < 1.29 is 60.6 Å². The van der Waals surface area contributed by atoms with Crippen molar-refractivity contribution >= 4 is 76.8 Å². The number of benzene rings is 5. The lowest BCUT2D eigenvalue weighted by molar-refractivity contribution is 0.0127. The molecule has 15 nitrogen and oxygen atoms in total. The van der Waals surface area contributed by atoms with Crippen molar-refractivity contribution in [1.29, 1.82) is 0 Å². The van der Waals surface area contributed by atoms with E-state index in [0.29, 0.717) is 66.1 Å². The summed E-state index contributed by atoms with van der Waals surface area (Å²) in [7, 11) is -4.07. The van der Waals surface area contributed by atoms with E-state index in [2.05, 4.69) is 0 Å². The van der Waals surface area contributed by atoms with Crippen LogP contribution in [-0.2, 0) is 38.5 Å². The number of nitrogens with zero attached hydrogens (tertiary/aromatic N) is 2. The van der Waals surface area contributed by atoms with Gasteiger partial charge in [-0.3, -0.25) is 33.5 Å². The van der Waals surface area contributed by atoms with Crippen LogP contribution in [0.4, 0.5) is 0 Å². The number of imide groups is 2. The van der Waals surface area contributed by atoms with Gasteiger partial charge in [-0.2, -0.15) is 8.42 Å². The summed E-state index contributed by atoms with van der Waals surface area (Å²) in [5.41, 5.74) is 1.64. The maximum absolute atomic E-state index is 13.8. The van der Waals surface area contributed by atoms with Crippen LogP contribution in [0.25, 0.3) is 43.1 Å². The van der Waals surface area contributed by atoms with Crippen molar-refractivity contribution in [3.05, 3.63) is 70.8 Å². The molecule has 56 heavy (non-hydrogen) atoms. The Morgan fingerprint density at radius 3 is 1.07 bits per heavy atom. The molecule has 2 aliphatic rings. The smallest absolute Gasteiger partial charge is 0.267 e. The first-order valence-corrected chi connectivity index (χ1v) is 20.1. The molecule has 296 valence electrons. The van der Waals surface area contributed by atoms with Crippen LogP contribution in [0.5, 0.6) is 0 Å². The first kappa shape index (κ1) is 39.6. The van der Waals surface area contributed by atoms with Crippen molar-refractivity contribution in [3.8, 4) is 0 Å². The van der Waals surface area contributed by atoms with Crippen LogP contribution in [0.15, 0.2) is 48.5 Å². The van der Waals surface area contributed by atoms with Crippen molar-refractivity contribution in [3.63, 3.8) is 0 Å². The molecule has 0 fully saturated rings. The molecule has 7 rings (SSSR count). The Bertz CT molecular complexity index is 2290. The minimum absolute atomic E-state index is 0.0309. The van der Waals surface area contributed by atoms with Gasteiger partial charge in [-0.25, -0.2) is 0 Å². The molecule has 4 amide bonds. The number of fused-ring (bicyclic) bond motifs is 2. The van der Waals surface area contributed by atoms with E-state index in [1.165, 1.54) is 9.80 Å². The average molecular weight is 791 g/mol. The summed E-state index contributed by atoms with van der Waals surface area (Å²) in [4.78, 5) is 57.6. The molecule has 2 heterocycles. The van der Waals surface area contributed by atoms with Gasteiger partial charge in [-0.05, 0) is 63.5 Å². The van der Waals surface area contributed by atoms with Crippen molar-refractivity contribution in [2.45, 2.75) is 6.92 Å². The minimum atomic E-state index is -4.07. The summed E-state index contributed by atoms with van der Waals surface area (Å²) in [6.07, 6.45) is 0. The van der Waals surface area contributed by atoms with Crippen LogP contribution < -0.4 is 0 Å². The summed E-state index contributed by atoms with van der Waals surface area (Å²) in [5.74, 6) is -2.15. The molecule has 2 aliphatic heterocycles. The zero-order valence-electron chi connectivity index (χ0n) is 30.9. The third kappa shape index (κ3) is 7.83. The van der Waals surface area contributed by atoms with Crippen LogP contribution in [0, 0.1) is 0 Å². The fourth-order valence-corrected chi connectivity index (χ4v) is 7.70. The topological polar surface area (TPSA) is 185 Å². The SMILES string of the molecule is CCOCCOCCOCCN1C(=O)c2ccc3c4ccc5c6c(ccc(c7ccc(c2c37)C1=O)c64)C(=O)N(CCOCCOCCOCCS(=O)(=O)O)C5=O. The van der Waals surface area contributed by atoms with Gasteiger partial charge in [0.1, 0.15) is 0 Å². The van der Waals surface area contributed by atoms with Gasteiger partial charge in [0.25, 0.3) is 33.7 Å². The summed E-state index contributed by atoms with van der Waals surface area (Å²) in [5, 5.41) is 5.91. The lowest BCUT2D eigenvalue weighted by atomic mass is 9.82. The summed E-state index contributed by atoms with van der Waals surface area (Å²) >= 11 is 0. The normalized spacial score (nSPS) is 14.5. The molecule has 5 aromatic carbocycles. The lowest BCUT2D eigenvalue weighted by Crippen LogP contribution is -2.42. The highest BCUT2D eigenvalue weighted by molar-refractivity contribution is 7.85. The highest BCUT2D eigenvalue weighted by Crippen LogP contribution is 2.46. The molecule has 0 bridgehead atoms. The third-order valence-electron chi connectivity index (χ3n) is 9.90. The molecule has 0 radical (unpaired) electrons. The first-order valence-electron chi connectivity index (χ1n) is 18.5. The van der Waals surface area contributed by atoms with Gasteiger partial charge in [0, 0.05) is 39.6 Å². The maximum atomic E-state index is 13.8. The summed E-state index contributed by atoms with van der Waals surface area (Å²) < 4.78 is 62.6. The van der Waals surface area contributed by atoms with Crippen molar-refractivity contribution in [2.75, 3.05) is 98.1 Å². The second-order valence-corrected chi connectivity index (χ2v) is 14.8. The average Bonchev–Trinajstić information content (AvgIpc) is 3.18. The van der Waals surface area contributed by atoms with Crippen LogP contribution in [-0.4, -0.2) is 145 Å². The molecule has 0 aliphatic carbocycles. The Morgan fingerprint density at radius 1 is 0.446 bits per heavy atom. The quantitative estimate of drug-likeness (QED) is 0.0350. The van der Waals surface area contributed by atoms with Crippen molar-refractivity contribution in [1.82, 2.24) is 9.80 Å². The number of ether oxygens (including phenoxy) is 6. The van der Waals surface area contributed by atoms with Gasteiger partial charge in [-0.1, -0.05) is 24.3 Å². The van der Waals surface area contributed by atoms with Crippen LogP contribution in [0.3, 0.4) is 0 Å². The molecule has 0 atom stereocenters. The van der Waals surface area contributed by atoms with E-state index >= 15 is 0 Å². The van der Waals surface area contributed by atoms with E-state index in [9.17, 15) is 27.6 Å². The fraction of sp³-hybridized carbons (Fsp3) is 0.400. The predicted molar refractivity (Wildman–Crippen MR) is 205 cm³/mol. The fourth-order valence-electron chi connectivity index (χ4n) is 7.38. The highest BCUT2D eigenvalue weighted by atomic mass is 32.2. The van der Waals surface area contributed by atoms with Gasteiger partial charge in [-0.15, -0.1) is 0 Å². The molecule has 0 saturated carbocycles. The Morgan fingerprint density at radius 2 is 0.750 bits per heavy atom. The summed E-state index contributed by atoms with van der Waals surface area (Å²) in [6.45, 7) is 5.20. The molecular weight excluding hydrogens is 749 g/mol. The number of hydrogen-bond acceptors (Lipinski definition) is 12. The Hall–Kier alpha value is -4.65. The Labute approximate surface area is 322 Å². The summed E-state index contributed by atoms with van der Waals surface area (Å²) in [6, 6.07) is 14.4. The van der Waals surface area contributed by atoms with E-state index in [-0.39, 0.29) is 59.3 Å². The molecule has 0 saturated heterocycles. The number of carbonyl (C=O) groups is 4. The Balaban J connectivity index is 1.04. The molecule has 0 aromatic heterocycles. The molecule has 0 spiro atoms. The monoisotopic (exact) mass is 790 g/mol. The predicted octanol–water partition coefficient (Wildman–Crippen LogP) is 3.94. The second-order valence-electron chi connectivity index (χ2n) is 13.2. The van der Waals surface area contributed by atoms with Crippen LogP contribution >= 0.6 is 0 Å². The van der Waals surface area contributed by atoms with Gasteiger partial charge >= 0.3 is 0 Å². The number of amides is 4. The number of carbonyl (C=O) groups excluding carboxylic acids is 4. The molecule has 5 aromatic rings. The van der Waals surface area contributed by atoms with Gasteiger partial charge in [0.2, 0.25) is 0 Å². The van der Waals surface area contributed by atoms with E-state index in [1.54, 1.807) is 24.3 Å². The molecular formula is C40H42N2O13S. The lowest BCUT2D eigenvalue weighted by Gasteiger charge is -2.30. The first-order chi connectivity index (χ1) is 27.1. The second kappa shape index (κ2) is 17.2. The minimum Gasteiger partial charge on any atom is -0.379 e. The van der Waals surface area contributed by atoms with Crippen LogP contribution in [0.2, 0.25) is 0 Å². The maximum Gasteiger partial charge on any atom is 0.267 e.